The fourth-order valence-electron chi connectivity index (χ4n) is 3.13. The van der Waals surface area contributed by atoms with Gasteiger partial charge in [0.25, 0.3) is 17.0 Å². The number of hydrogen-bond acceptors (Lipinski definition) is 6. The number of alkyl halides is 3. The van der Waals surface area contributed by atoms with Crippen LogP contribution in [0.5, 0.6) is 0 Å². The summed E-state index contributed by atoms with van der Waals surface area (Å²) in [6.07, 6.45) is -2.93. The second-order valence-electron chi connectivity index (χ2n) is 6.05. The van der Waals surface area contributed by atoms with Gasteiger partial charge in [-0.05, 0) is 18.2 Å². The van der Waals surface area contributed by atoms with Crippen molar-refractivity contribution in [2.75, 3.05) is 10.6 Å². The Kier molecular flexibility index (Phi) is 3.99. The van der Waals surface area contributed by atoms with E-state index in [1.807, 2.05) is 15.6 Å². The minimum absolute atomic E-state index is 0.152. The first-order valence-corrected chi connectivity index (χ1v) is 8.14. The zero-order valence-electron chi connectivity index (χ0n) is 14.3. The lowest BCUT2D eigenvalue weighted by molar-refractivity contribution is -0.184. The SMILES string of the molecule is O=C1Nc2c(c(=O)[nH]c(=O)n2-c2ccccc2)[C@]1(Nc1ncccn1)C(F)(F)F. The largest absolute Gasteiger partial charge is 0.425 e. The third-order valence-electron chi connectivity index (χ3n) is 4.36. The second kappa shape index (κ2) is 6.29. The number of aromatic amines is 1. The number of nitrogens with zero attached hydrogens (tertiary/aromatic N) is 3. The second-order valence-corrected chi connectivity index (χ2v) is 6.05. The van der Waals surface area contributed by atoms with E-state index in [4.69, 9.17) is 0 Å². The fourth-order valence-corrected chi connectivity index (χ4v) is 3.13. The van der Waals surface area contributed by atoms with Crippen molar-refractivity contribution in [1.82, 2.24) is 19.5 Å². The molecule has 12 heteroatoms. The molecule has 0 saturated heterocycles. The number of para-hydroxylation sites is 1. The molecule has 2 aromatic heterocycles. The van der Waals surface area contributed by atoms with Crippen LogP contribution in [0.4, 0.5) is 24.9 Å². The van der Waals surface area contributed by atoms with Crippen LogP contribution in [0.15, 0.2) is 58.4 Å². The summed E-state index contributed by atoms with van der Waals surface area (Å²) in [6, 6.07) is 8.97. The highest BCUT2D eigenvalue weighted by Gasteiger charge is 2.68. The molecule has 9 nitrogen and oxygen atoms in total. The van der Waals surface area contributed by atoms with E-state index in [2.05, 4.69) is 9.97 Å². The molecule has 0 unspecified atom stereocenters. The minimum atomic E-state index is -5.27. The quantitative estimate of drug-likeness (QED) is 0.602. The lowest BCUT2D eigenvalue weighted by Gasteiger charge is -2.29. The summed E-state index contributed by atoms with van der Waals surface area (Å²) >= 11 is 0. The molecule has 29 heavy (non-hydrogen) atoms. The van der Waals surface area contributed by atoms with Crippen molar-refractivity contribution >= 4 is 17.7 Å². The zero-order chi connectivity index (χ0) is 20.8. The van der Waals surface area contributed by atoms with Gasteiger partial charge in [-0.25, -0.2) is 19.3 Å². The van der Waals surface area contributed by atoms with Crippen molar-refractivity contribution in [2.45, 2.75) is 11.7 Å². The van der Waals surface area contributed by atoms with Crippen molar-refractivity contribution in [3.63, 3.8) is 0 Å². The Morgan fingerprint density at radius 3 is 2.28 bits per heavy atom. The Morgan fingerprint density at radius 2 is 1.66 bits per heavy atom. The summed E-state index contributed by atoms with van der Waals surface area (Å²) in [6.45, 7) is 0. The summed E-state index contributed by atoms with van der Waals surface area (Å²) < 4.78 is 43.5. The lowest BCUT2D eigenvalue weighted by atomic mass is 9.92. The smallest absolute Gasteiger partial charge is 0.328 e. The summed E-state index contributed by atoms with van der Waals surface area (Å²) in [5.41, 5.74) is -6.72. The maximum Gasteiger partial charge on any atom is 0.425 e. The number of benzene rings is 1. The van der Waals surface area contributed by atoms with Crippen molar-refractivity contribution in [3.05, 3.63) is 75.2 Å². The number of H-pyrrole nitrogens is 1. The fraction of sp³-hybridized carbons (Fsp3) is 0.118. The van der Waals surface area contributed by atoms with Crippen LogP contribution >= 0.6 is 0 Å². The normalized spacial score (nSPS) is 18.2. The molecular formula is C17H11F3N6O3. The molecule has 3 aromatic rings. The van der Waals surface area contributed by atoms with Crippen LogP contribution in [0, 0.1) is 0 Å². The molecule has 0 radical (unpaired) electrons. The lowest BCUT2D eigenvalue weighted by Crippen LogP contribution is -2.56. The first kappa shape index (κ1) is 18.4. The Hall–Kier alpha value is -3.96. The number of carbonyl (C=O) groups is 1. The molecule has 1 atom stereocenters. The van der Waals surface area contributed by atoms with Gasteiger partial charge < -0.3 is 10.6 Å². The molecule has 148 valence electrons. The highest BCUT2D eigenvalue weighted by Crippen LogP contribution is 2.46. The van der Waals surface area contributed by atoms with Gasteiger partial charge in [-0.2, -0.15) is 13.2 Å². The molecule has 3 N–H and O–H groups in total. The van der Waals surface area contributed by atoms with Gasteiger partial charge in [-0.3, -0.25) is 14.6 Å². The van der Waals surface area contributed by atoms with E-state index in [0.29, 0.717) is 0 Å². The van der Waals surface area contributed by atoms with Crippen LogP contribution in [-0.2, 0) is 10.3 Å². The molecule has 4 rings (SSSR count). The van der Waals surface area contributed by atoms with Crippen LogP contribution < -0.4 is 21.9 Å². The van der Waals surface area contributed by atoms with Gasteiger partial charge in [-0.1, -0.05) is 18.2 Å². The van der Waals surface area contributed by atoms with Crippen LogP contribution in [0.25, 0.3) is 5.69 Å². The van der Waals surface area contributed by atoms with Gasteiger partial charge in [-0.15, -0.1) is 0 Å². The number of carbonyl (C=O) groups excluding carboxylic acids is 1. The van der Waals surface area contributed by atoms with Gasteiger partial charge in [0.1, 0.15) is 11.4 Å². The first-order chi connectivity index (χ1) is 13.8. The molecule has 1 aromatic carbocycles. The summed E-state index contributed by atoms with van der Waals surface area (Å²) in [7, 11) is 0. The standard InChI is InChI=1S/C17H11F3N6O3/c18-17(19,20)16(25-14-21-7-4-8-22-14)10-11(23-13(16)28)26(15(29)24-12(10)27)9-5-2-1-3-6-9/h1-8H,(H,23,28)(H,21,22,25)(H,24,27,29)/t16-/m1/s1. The highest BCUT2D eigenvalue weighted by atomic mass is 19.4. The molecule has 0 saturated carbocycles. The maximum absolute atomic E-state index is 14.2. The van der Waals surface area contributed by atoms with E-state index in [9.17, 15) is 27.6 Å². The molecule has 0 bridgehead atoms. The molecule has 3 heterocycles. The van der Waals surface area contributed by atoms with Gasteiger partial charge >= 0.3 is 11.9 Å². The monoisotopic (exact) mass is 404 g/mol. The van der Waals surface area contributed by atoms with E-state index >= 15 is 0 Å². The van der Waals surface area contributed by atoms with E-state index in [1.165, 1.54) is 30.6 Å². The predicted molar refractivity (Wildman–Crippen MR) is 94.7 cm³/mol. The number of halogens is 3. The maximum atomic E-state index is 14.2. The van der Waals surface area contributed by atoms with Crippen LogP contribution in [0.2, 0.25) is 0 Å². The van der Waals surface area contributed by atoms with Crippen molar-refractivity contribution < 1.29 is 18.0 Å². The topological polar surface area (TPSA) is 122 Å². The van der Waals surface area contributed by atoms with Gasteiger partial charge in [0.2, 0.25) is 5.95 Å². The van der Waals surface area contributed by atoms with Crippen LogP contribution in [0.1, 0.15) is 5.56 Å². The molecular weight excluding hydrogens is 393 g/mol. The Labute approximate surface area is 159 Å². The van der Waals surface area contributed by atoms with E-state index < -0.39 is 46.2 Å². The van der Waals surface area contributed by atoms with Crippen molar-refractivity contribution in [3.8, 4) is 5.69 Å². The van der Waals surface area contributed by atoms with Crippen LogP contribution in [0.3, 0.4) is 0 Å². The number of aromatic nitrogens is 4. The summed E-state index contributed by atoms with van der Waals surface area (Å²) in [4.78, 5) is 46.6. The molecule has 0 spiro atoms. The van der Waals surface area contributed by atoms with Crippen molar-refractivity contribution in [1.29, 1.82) is 0 Å². The summed E-state index contributed by atoms with van der Waals surface area (Å²) in [5.74, 6) is -2.70. The van der Waals surface area contributed by atoms with E-state index in [-0.39, 0.29) is 5.69 Å². The molecule has 1 aliphatic heterocycles. The predicted octanol–water partition coefficient (Wildman–Crippen LogP) is 1.14. The van der Waals surface area contributed by atoms with Crippen LogP contribution in [-0.4, -0.2) is 31.6 Å². The van der Waals surface area contributed by atoms with E-state index in [0.717, 1.165) is 4.57 Å². The zero-order valence-corrected chi connectivity index (χ0v) is 14.3. The Bertz CT molecular complexity index is 1210. The first-order valence-electron chi connectivity index (χ1n) is 8.14. The summed E-state index contributed by atoms with van der Waals surface area (Å²) in [5, 5.41) is 3.97. The van der Waals surface area contributed by atoms with Gasteiger partial charge in [0, 0.05) is 12.4 Å². The number of nitrogens with one attached hydrogen (secondary N) is 3. The van der Waals surface area contributed by atoms with E-state index in [1.54, 1.807) is 18.2 Å². The van der Waals surface area contributed by atoms with Gasteiger partial charge in [0.15, 0.2) is 0 Å². The average molecular weight is 404 g/mol. The molecule has 0 fully saturated rings. The van der Waals surface area contributed by atoms with Gasteiger partial charge in [0.05, 0.1) is 5.69 Å². The number of anilines is 2. The van der Waals surface area contributed by atoms with Crippen molar-refractivity contribution in [2.24, 2.45) is 0 Å². The minimum Gasteiger partial charge on any atom is -0.328 e. The average Bonchev–Trinajstić information content (AvgIpc) is 2.97. The Balaban J connectivity index is 2.05. The molecule has 1 aliphatic rings. The third kappa shape index (κ3) is 2.68. The Morgan fingerprint density at radius 1 is 1.00 bits per heavy atom. The molecule has 1 amide bonds. The number of hydrogen-bond donors (Lipinski definition) is 3. The molecule has 0 aliphatic carbocycles. The number of rotatable bonds is 3. The highest BCUT2D eigenvalue weighted by molar-refractivity contribution is 6.07. The number of amides is 1. The number of fused-ring (bicyclic) bond motifs is 1. The third-order valence-corrected chi connectivity index (χ3v) is 4.36.